The van der Waals surface area contributed by atoms with Gasteiger partial charge in [0.1, 0.15) is 11.5 Å². The fourth-order valence-corrected chi connectivity index (χ4v) is 4.73. The number of benzene rings is 2. The first-order valence-electron chi connectivity index (χ1n) is 11.3. The van der Waals surface area contributed by atoms with Crippen molar-refractivity contribution in [2.24, 2.45) is 5.92 Å². The first-order valence-corrected chi connectivity index (χ1v) is 12.3. The number of nitrogens with one attached hydrogen (secondary N) is 1. The molecule has 5 rings (SSSR count). The maximum atomic E-state index is 12.9. The molecule has 174 valence electrons. The second kappa shape index (κ2) is 10.2. The number of nitrogens with zero attached hydrogens (tertiary/aromatic N) is 3. The molecule has 0 spiro atoms. The lowest BCUT2D eigenvalue weighted by atomic mass is 10.0. The van der Waals surface area contributed by atoms with Gasteiger partial charge in [0.15, 0.2) is 11.0 Å². The quantitative estimate of drug-likeness (QED) is 0.327. The lowest BCUT2D eigenvalue weighted by Gasteiger charge is -2.18. The summed E-state index contributed by atoms with van der Waals surface area (Å²) in [5, 5.41) is 12.7. The molecule has 4 aromatic rings. The number of aromatic nitrogens is 3. The van der Waals surface area contributed by atoms with E-state index in [0.29, 0.717) is 23.4 Å². The molecular formula is C26H26N4O3S. The summed E-state index contributed by atoms with van der Waals surface area (Å²) in [6, 6.07) is 21.7. The van der Waals surface area contributed by atoms with Crippen LogP contribution in [0.4, 0.5) is 0 Å². The van der Waals surface area contributed by atoms with Crippen molar-refractivity contribution in [1.82, 2.24) is 20.1 Å². The number of hydrogen-bond acceptors (Lipinski definition) is 6. The lowest BCUT2D eigenvalue weighted by molar-refractivity contribution is -0.119. The first kappa shape index (κ1) is 22.3. The van der Waals surface area contributed by atoms with Crippen LogP contribution < -0.4 is 10.1 Å². The molecule has 2 aromatic heterocycles. The Kier molecular flexibility index (Phi) is 6.67. The van der Waals surface area contributed by atoms with Gasteiger partial charge in [-0.05, 0) is 48.6 Å². The third-order valence-electron chi connectivity index (χ3n) is 5.84. The summed E-state index contributed by atoms with van der Waals surface area (Å²) < 4.78 is 12.9. The van der Waals surface area contributed by atoms with Gasteiger partial charge in [-0.15, -0.1) is 10.2 Å². The molecule has 1 fully saturated rings. The van der Waals surface area contributed by atoms with Gasteiger partial charge < -0.3 is 14.5 Å². The van der Waals surface area contributed by atoms with Gasteiger partial charge in [-0.2, -0.15) is 0 Å². The number of carbonyl (C=O) groups excluding carboxylic acids is 1. The largest absolute Gasteiger partial charge is 0.497 e. The van der Waals surface area contributed by atoms with Crippen molar-refractivity contribution in [3.8, 4) is 17.1 Å². The first-order chi connectivity index (χ1) is 16.7. The monoisotopic (exact) mass is 474 g/mol. The smallest absolute Gasteiger partial charge is 0.230 e. The molecule has 8 heteroatoms. The van der Waals surface area contributed by atoms with Crippen LogP contribution in [0.25, 0.3) is 11.4 Å². The fraction of sp³-hybridized carbons (Fsp3) is 0.269. The van der Waals surface area contributed by atoms with Crippen molar-refractivity contribution in [3.05, 3.63) is 84.3 Å². The Morgan fingerprint density at radius 3 is 2.74 bits per heavy atom. The van der Waals surface area contributed by atoms with Crippen LogP contribution in [-0.2, 0) is 11.3 Å². The predicted molar refractivity (Wildman–Crippen MR) is 131 cm³/mol. The summed E-state index contributed by atoms with van der Waals surface area (Å²) in [6.45, 7) is 0.464. The summed E-state index contributed by atoms with van der Waals surface area (Å²) in [5.74, 6) is 2.97. The van der Waals surface area contributed by atoms with E-state index >= 15 is 0 Å². The van der Waals surface area contributed by atoms with Crippen LogP contribution in [-0.4, -0.2) is 33.5 Å². The normalized spacial score (nSPS) is 14.0. The molecule has 1 unspecified atom stereocenters. The minimum absolute atomic E-state index is 0.0127. The summed E-state index contributed by atoms with van der Waals surface area (Å²) in [5.41, 5.74) is 2.04. The number of methoxy groups -OCH3 is 1. The van der Waals surface area contributed by atoms with Crippen molar-refractivity contribution >= 4 is 17.7 Å². The summed E-state index contributed by atoms with van der Waals surface area (Å²) in [4.78, 5) is 12.9. The zero-order valence-electron chi connectivity index (χ0n) is 18.9. The third kappa shape index (κ3) is 5.17. The van der Waals surface area contributed by atoms with Gasteiger partial charge in [-0.1, -0.05) is 54.2 Å². The highest BCUT2D eigenvalue weighted by atomic mass is 32.2. The lowest BCUT2D eigenvalue weighted by Crippen LogP contribution is -2.31. The highest BCUT2D eigenvalue weighted by Crippen LogP contribution is 2.41. The van der Waals surface area contributed by atoms with Crippen LogP contribution in [0.3, 0.4) is 0 Å². The van der Waals surface area contributed by atoms with E-state index in [1.165, 1.54) is 11.8 Å². The molecule has 0 saturated heterocycles. The second-order valence-corrected chi connectivity index (χ2v) is 9.23. The van der Waals surface area contributed by atoms with Crippen molar-refractivity contribution in [3.63, 3.8) is 0 Å². The van der Waals surface area contributed by atoms with Gasteiger partial charge in [0.2, 0.25) is 5.91 Å². The Balaban J connectivity index is 1.33. The Hall–Kier alpha value is -3.52. The number of carbonyl (C=O) groups is 1. The van der Waals surface area contributed by atoms with E-state index < -0.39 is 0 Å². The Morgan fingerprint density at radius 2 is 2.00 bits per heavy atom. The van der Waals surface area contributed by atoms with Crippen molar-refractivity contribution in [1.29, 1.82) is 0 Å². The SMILES string of the molecule is COc1cccc(-c2nnc(SCC(=O)NC(c3ccccc3)C3CC3)n2Cc2ccco2)c1. The maximum absolute atomic E-state index is 12.9. The number of ether oxygens (including phenoxy) is 1. The van der Waals surface area contributed by atoms with E-state index in [1.54, 1.807) is 13.4 Å². The fourth-order valence-electron chi connectivity index (χ4n) is 3.98. The molecule has 1 aliphatic rings. The van der Waals surface area contributed by atoms with Crippen molar-refractivity contribution in [2.75, 3.05) is 12.9 Å². The Morgan fingerprint density at radius 1 is 1.15 bits per heavy atom. The number of hydrogen-bond donors (Lipinski definition) is 1. The standard InChI is InChI=1S/C26H26N4O3S/c1-32-21-10-5-9-20(15-21)25-28-29-26(30(25)16-22-11-6-14-33-22)34-17-23(31)27-24(19-12-13-19)18-7-3-2-4-8-18/h2-11,14-15,19,24H,12-13,16-17H2,1H3,(H,27,31). The van der Waals surface area contributed by atoms with Gasteiger partial charge in [-0.3, -0.25) is 9.36 Å². The maximum Gasteiger partial charge on any atom is 0.230 e. The number of amides is 1. The Bertz CT molecular complexity index is 1240. The van der Waals surface area contributed by atoms with Crippen LogP contribution in [0.5, 0.6) is 5.75 Å². The molecular weight excluding hydrogens is 448 g/mol. The van der Waals surface area contributed by atoms with E-state index in [1.807, 2.05) is 59.2 Å². The molecule has 1 N–H and O–H groups in total. The van der Waals surface area contributed by atoms with Crippen LogP contribution in [0, 0.1) is 5.92 Å². The van der Waals surface area contributed by atoms with Gasteiger partial charge in [0, 0.05) is 5.56 Å². The van der Waals surface area contributed by atoms with Crippen LogP contribution in [0.1, 0.15) is 30.2 Å². The van der Waals surface area contributed by atoms with E-state index in [9.17, 15) is 4.79 Å². The average Bonchev–Trinajstić information content (AvgIpc) is 3.44. The molecule has 1 atom stereocenters. The van der Waals surface area contributed by atoms with Crippen LogP contribution >= 0.6 is 11.8 Å². The molecule has 7 nitrogen and oxygen atoms in total. The predicted octanol–water partition coefficient (Wildman–Crippen LogP) is 4.95. The highest BCUT2D eigenvalue weighted by Gasteiger charge is 2.33. The molecule has 1 amide bonds. The molecule has 2 aromatic carbocycles. The van der Waals surface area contributed by atoms with Crippen LogP contribution in [0.15, 0.2) is 82.6 Å². The highest BCUT2D eigenvalue weighted by molar-refractivity contribution is 7.99. The molecule has 0 radical (unpaired) electrons. The van der Waals surface area contributed by atoms with E-state index in [-0.39, 0.29) is 17.7 Å². The summed E-state index contributed by atoms with van der Waals surface area (Å²) in [6.07, 6.45) is 3.94. The van der Waals surface area contributed by atoms with E-state index in [2.05, 4.69) is 27.6 Å². The van der Waals surface area contributed by atoms with Gasteiger partial charge in [0.25, 0.3) is 0 Å². The minimum Gasteiger partial charge on any atom is -0.497 e. The molecule has 34 heavy (non-hydrogen) atoms. The third-order valence-corrected chi connectivity index (χ3v) is 6.81. The summed E-state index contributed by atoms with van der Waals surface area (Å²) in [7, 11) is 1.64. The molecule has 0 aliphatic heterocycles. The molecule has 1 saturated carbocycles. The number of thioether (sulfide) groups is 1. The zero-order chi connectivity index (χ0) is 23.3. The minimum atomic E-state index is -0.0127. The summed E-state index contributed by atoms with van der Waals surface area (Å²) >= 11 is 1.38. The second-order valence-electron chi connectivity index (χ2n) is 8.29. The van der Waals surface area contributed by atoms with E-state index in [4.69, 9.17) is 9.15 Å². The van der Waals surface area contributed by atoms with Gasteiger partial charge in [0.05, 0.1) is 31.7 Å². The van der Waals surface area contributed by atoms with Crippen molar-refractivity contribution < 1.29 is 13.9 Å². The molecule has 2 heterocycles. The molecule has 0 bridgehead atoms. The zero-order valence-corrected chi connectivity index (χ0v) is 19.7. The van der Waals surface area contributed by atoms with Gasteiger partial charge in [-0.25, -0.2) is 0 Å². The number of furan rings is 1. The number of rotatable bonds is 10. The Labute approximate surface area is 202 Å². The topological polar surface area (TPSA) is 82.2 Å². The van der Waals surface area contributed by atoms with Crippen molar-refractivity contribution in [2.45, 2.75) is 30.6 Å². The molecule has 1 aliphatic carbocycles. The average molecular weight is 475 g/mol. The van der Waals surface area contributed by atoms with E-state index in [0.717, 1.165) is 35.5 Å². The van der Waals surface area contributed by atoms with Crippen LogP contribution in [0.2, 0.25) is 0 Å². The van der Waals surface area contributed by atoms with Gasteiger partial charge >= 0.3 is 0 Å².